The van der Waals surface area contributed by atoms with E-state index in [1.54, 1.807) is 0 Å². The molecule has 0 heterocycles. The van der Waals surface area contributed by atoms with Gasteiger partial charge in [0.05, 0.1) is 19.0 Å². The number of rotatable bonds is 23. The van der Waals surface area contributed by atoms with Crippen molar-refractivity contribution >= 4 is 0 Å². The average Bonchev–Trinajstić information content (AvgIpc) is 2.90. The molecule has 0 aromatic heterocycles. The standard InChI is InChI=1S/C34H55N.H2O/c1-2-3-4-5-6-7-8-9-10-11-12-13-14-15-16-17-18-25-30-35-31-34(32-26-21-19-22-27-32)33-28-23-20-24-29-33;/h19-24,26-29,34-35H,2-18,25,30-31H2,1H3;1H2. The summed E-state index contributed by atoms with van der Waals surface area (Å²) in [4.78, 5) is 0. The summed E-state index contributed by atoms with van der Waals surface area (Å²) >= 11 is 0. The highest BCUT2D eigenvalue weighted by atomic mass is 16.0. The van der Waals surface area contributed by atoms with Gasteiger partial charge in [0.15, 0.2) is 0 Å². The molecular formula is C34H57NO. The van der Waals surface area contributed by atoms with Crippen LogP contribution in [-0.2, 0) is 0 Å². The monoisotopic (exact) mass is 495 g/mol. The Kier molecular flexibility index (Phi) is 21.4. The molecule has 0 bridgehead atoms. The third-order valence-corrected chi connectivity index (χ3v) is 7.57. The number of hydrogen-bond donors (Lipinski definition) is 1. The first kappa shape index (κ1) is 32.4. The molecule has 0 spiro atoms. The highest BCUT2D eigenvalue weighted by molar-refractivity contribution is 5.32. The molecule has 0 amide bonds. The van der Waals surface area contributed by atoms with Gasteiger partial charge in [-0.3, -0.25) is 0 Å². The lowest BCUT2D eigenvalue weighted by molar-refractivity contribution is -0.656. The third kappa shape index (κ3) is 16.2. The summed E-state index contributed by atoms with van der Waals surface area (Å²) in [5, 5.41) is 2.54. The molecule has 2 aromatic carbocycles. The van der Waals surface area contributed by atoms with E-state index in [4.69, 9.17) is 0 Å². The maximum absolute atomic E-state index is 2.54. The van der Waals surface area contributed by atoms with Gasteiger partial charge in [0.1, 0.15) is 0 Å². The van der Waals surface area contributed by atoms with E-state index in [0.29, 0.717) is 5.92 Å². The highest BCUT2D eigenvalue weighted by Gasteiger charge is 2.15. The van der Waals surface area contributed by atoms with Crippen LogP contribution in [0.3, 0.4) is 0 Å². The second-order valence-corrected chi connectivity index (χ2v) is 10.7. The quantitative estimate of drug-likeness (QED) is 0.153. The Bertz CT molecular complexity index is 647. The molecule has 2 heteroatoms. The van der Waals surface area contributed by atoms with Gasteiger partial charge in [-0.2, -0.15) is 0 Å². The zero-order valence-corrected chi connectivity index (χ0v) is 23.5. The molecule has 0 aliphatic rings. The molecule has 36 heavy (non-hydrogen) atoms. The van der Waals surface area contributed by atoms with Crippen molar-refractivity contribution in [1.82, 2.24) is 0 Å². The Balaban J connectivity index is 0.00000648. The van der Waals surface area contributed by atoms with Crippen molar-refractivity contribution in [1.29, 1.82) is 0 Å². The lowest BCUT2D eigenvalue weighted by atomic mass is 9.91. The lowest BCUT2D eigenvalue weighted by Crippen LogP contribution is -2.85. The number of hydrogen-bond acceptors (Lipinski definition) is 1. The predicted octanol–water partition coefficient (Wildman–Crippen LogP) is 9.25. The molecule has 3 N–H and O–H groups in total. The van der Waals surface area contributed by atoms with Crippen molar-refractivity contribution in [2.75, 3.05) is 13.1 Å². The third-order valence-electron chi connectivity index (χ3n) is 7.57. The van der Waals surface area contributed by atoms with Gasteiger partial charge in [0.2, 0.25) is 0 Å². The molecule has 0 aliphatic heterocycles. The van der Waals surface area contributed by atoms with Crippen LogP contribution in [0.1, 0.15) is 140 Å². The summed E-state index contributed by atoms with van der Waals surface area (Å²) < 4.78 is 0. The van der Waals surface area contributed by atoms with Crippen LogP contribution in [0.4, 0.5) is 0 Å². The van der Waals surface area contributed by atoms with Gasteiger partial charge < -0.3 is 10.8 Å². The molecule has 2 nitrogen and oxygen atoms in total. The van der Waals surface area contributed by atoms with E-state index < -0.39 is 0 Å². The van der Waals surface area contributed by atoms with Gasteiger partial charge in [-0.1, -0.05) is 170 Å². The van der Waals surface area contributed by atoms with E-state index in [1.807, 2.05) is 0 Å². The second kappa shape index (κ2) is 23.7. The SMILES string of the molecule is CCCCCCCCCCCCCCCCCCCC[NH2+]CC(c1ccccc1)c1ccccc1.[OH-]. The maximum atomic E-state index is 2.54. The van der Waals surface area contributed by atoms with E-state index in [9.17, 15) is 0 Å². The fraction of sp³-hybridized carbons (Fsp3) is 0.647. The minimum Gasteiger partial charge on any atom is -0.870 e. The second-order valence-electron chi connectivity index (χ2n) is 10.7. The summed E-state index contributed by atoms with van der Waals surface area (Å²) in [6, 6.07) is 22.0. The number of unbranched alkanes of at least 4 members (excludes halogenated alkanes) is 17. The van der Waals surface area contributed by atoms with Crippen LogP contribution in [0.25, 0.3) is 0 Å². The minimum atomic E-state index is 0. The van der Waals surface area contributed by atoms with Crippen molar-refractivity contribution in [3.63, 3.8) is 0 Å². The topological polar surface area (TPSA) is 46.6 Å². The van der Waals surface area contributed by atoms with E-state index in [-0.39, 0.29) is 5.48 Å². The number of nitrogens with two attached hydrogens (primary N) is 1. The summed E-state index contributed by atoms with van der Waals surface area (Å²) in [5.41, 5.74) is 2.88. The first-order valence-electron chi connectivity index (χ1n) is 15.3. The molecule has 0 saturated heterocycles. The molecule has 0 atom stereocenters. The van der Waals surface area contributed by atoms with E-state index in [1.165, 1.54) is 133 Å². The van der Waals surface area contributed by atoms with Crippen molar-refractivity contribution in [2.45, 2.75) is 128 Å². The fourth-order valence-corrected chi connectivity index (χ4v) is 5.31. The molecule has 0 radical (unpaired) electrons. The molecule has 204 valence electrons. The normalized spacial score (nSPS) is 11.1. The smallest absolute Gasteiger partial charge is 0.0866 e. The first-order chi connectivity index (χ1) is 17.4. The summed E-state index contributed by atoms with van der Waals surface area (Å²) in [6.07, 6.45) is 26.0. The molecule has 0 aliphatic carbocycles. The molecular weight excluding hydrogens is 438 g/mol. The molecule has 0 saturated carbocycles. The molecule has 0 fully saturated rings. The zero-order valence-electron chi connectivity index (χ0n) is 23.5. The Morgan fingerprint density at radius 1 is 0.472 bits per heavy atom. The Labute approximate surface area is 224 Å². The van der Waals surface area contributed by atoms with Crippen LogP contribution in [0.5, 0.6) is 0 Å². The largest absolute Gasteiger partial charge is 0.870 e. The molecule has 0 unspecified atom stereocenters. The zero-order chi connectivity index (χ0) is 24.7. The Hall–Kier alpha value is -1.64. The van der Waals surface area contributed by atoms with Crippen LogP contribution in [0.2, 0.25) is 0 Å². The van der Waals surface area contributed by atoms with Crippen molar-refractivity contribution in [2.24, 2.45) is 0 Å². The van der Waals surface area contributed by atoms with Gasteiger partial charge in [-0.15, -0.1) is 0 Å². The van der Waals surface area contributed by atoms with Gasteiger partial charge in [-0.05, 0) is 24.0 Å². The van der Waals surface area contributed by atoms with Crippen molar-refractivity contribution in [3.8, 4) is 0 Å². The van der Waals surface area contributed by atoms with Crippen LogP contribution in [-0.4, -0.2) is 18.6 Å². The highest BCUT2D eigenvalue weighted by Crippen LogP contribution is 2.22. The average molecular weight is 496 g/mol. The van der Waals surface area contributed by atoms with Gasteiger partial charge in [0.25, 0.3) is 0 Å². The lowest BCUT2D eigenvalue weighted by Gasteiger charge is -2.16. The van der Waals surface area contributed by atoms with Gasteiger partial charge >= 0.3 is 0 Å². The maximum Gasteiger partial charge on any atom is 0.0866 e. The molecule has 2 aromatic rings. The van der Waals surface area contributed by atoms with Gasteiger partial charge in [0, 0.05) is 0 Å². The van der Waals surface area contributed by atoms with Crippen LogP contribution in [0, 0.1) is 0 Å². The van der Waals surface area contributed by atoms with E-state index in [0.717, 1.165) is 6.54 Å². The number of quaternary nitrogens is 1. The first-order valence-corrected chi connectivity index (χ1v) is 15.3. The van der Waals surface area contributed by atoms with Crippen LogP contribution in [0.15, 0.2) is 60.7 Å². The Morgan fingerprint density at radius 2 is 0.806 bits per heavy atom. The Morgan fingerprint density at radius 3 is 1.17 bits per heavy atom. The predicted molar refractivity (Wildman–Crippen MR) is 157 cm³/mol. The molecule has 2 rings (SSSR count). The summed E-state index contributed by atoms with van der Waals surface area (Å²) in [7, 11) is 0. The minimum absolute atomic E-state index is 0. The van der Waals surface area contributed by atoms with Crippen LogP contribution < -0.4 is 5.32 Å². The summed E-state index contributed by atoms with van der Waals surface area (Å²) in [5.74, 6) is 0.493. The summed E-state index contributed by atoms with van der Waals surface area (Å²) in [6.45, 7) is 4.71. The fourth-order valence-electron chi connectivity index (χ4n) is 5.31. The van der Waals surface area contributed by atoms with E-state index >= 15 is 0 Å². The number of benzene rings is 2. The van der Waals surface area contributed by atoms with Crippen molar-refractivity contribution in [3.05, 3.63) is 71.8 Å². The van der Waals surface area contributed by atoms with Crippen molar-refractivity contribution < 1.29 is 10.8 Å². The van der Waals surface area contributed by atoms with Crippen LogP contribution >= 0.6 is 0 Å². The van der Waals surface area contributed by atoms with E-state index in [2.05, 4.69) is 72.9 Å². The van der Waals surface area contributed by atoms with Gasteiger partial charge in [-0.25, -0.2) is 0 Å².